The molecule has 0 aliphatic rings. The Labute approximate surface area is 263 Å². The summed E-state index contributed by atoms with van der Waals surface area (Å²) in [6.45, 7) is 3.99. The van der Waals surface area contributed by atoms with Crippen LogP contribution >= 0.6 is 34.8 Å². The minimum Gasteiger partial charge on any atom is -0.352 e. The van der Waals surface area contributed by atoms with E-state index in [0.717, 1.165) is 17.0 Å². The van der Waals surface area contributed by atoms with Crippen molar-refractivity contribution < 1.29 is 31.2 Å². The van der Waals surface area contributed by atoms with E-state index in [0.29, 0.717) is 22.4 Å². The van der Waals surface area contributed by atoms with Crippen molar-refractivity contribution in [1.82, 2.24) is 10.2 Å². The molecule has 0 aliphatic heterocycles. The molecule has 0 spiro atoms. The Kier molecular flexibility index (Phi) is 11.4. The summed E-state index contributed by atoms with van der Waals surface area (Å²) in [6, 6.07) is 12.8. The van der Waals surface area contributed by atoms with Crippen LogP contribution in [0, 0.1) is 0 Å². The number of hydrogen-bond acceptors (Lipinski definition) is 4. The zero-order chi connectivity index (χ0) is 32.1. The highest BCUT2D eigenvalue weighted by atomic mass is 35.5. The molecule has 2 amide bonds. The number of sulfonamides is 1. The van der Waals surface area contributed by atoms with Gasteiger partial charge in [0.25, 0.3) is 10.0 Å². The maximum atomic E-state index is 13.9. The molecule has 0 aliphatic carbocycles. The van der Waals surface area contributed by atoms with Gasteiger partial charge in [0.2, 0.25) is 11.8 Å². The minimum absolute atomic E-state index is 0.182. The SMILES string of the molecule is CCC(C)NC(=O)C(C)N(Cc1ccc(Cl)c(Cl)c1)C(=O)CN(c1ccc(Cl)c(C(F)(F)F)c1)S(=O)(=O)c1ccccc1. The molecule has 0 saturated carbocycles. The maximum Gasteiger partial charge on any atom is 0.417 e. The van der Waals surface area contributed by atoms with Crippen molar-refractivity contribution in [2.24, 2.45) is 0 Å². The first-order chi connectivity index (χ1) is 20.1. The number of benzene rings is 3. The molecule has 1 N–H and O–H groups in total. The molecule has 0 aromatic heterocycles. The van der Waals surface area contributed by atoms with Crippen LogP contribution in [0.3, 0.4) is 0 Å². The smallest absolute Gasteiger partial charge is 0.352 e. The fourth-order valence-electron chi connectivity index (χ4n) is 4.02. The number of anilines is 1. The number of nitrogens with zero attached hydrogens (tertiary/aromatic N) is 2. The van der Waals surface area contributed by atoms with Gasteiger partial charge in [0, 0.05) is 12.6 Å². The molecule has 0 radical (unpaired) electrons. The number of amides is 2. The van der Waals surface area contributed by atoms with E-state index in [-0.39, 0.29) is 27.5 Å². The molecule has 7 nitrogen and oxygen atoms in total. The Morgan fingerprint density at radius 1 is 0.907 bits per heavy atom. The standard InChI is InChI=1S/C29H29Cl3F3N3O4S/c1-4-18(2)36-28(40)19(3)37(16-20-10-12-25(31)26(32)14-20)27(39)17-38(43(41,42)22-8-6-5-7-9-22)21-11-13-24(30)23(15-21)29(33,34)35/h5-15,18-19H,4,16-17H2,1-3H3,(H,36,40). The Morgan fingerprint density at radius 2 is 1.53 bits per heavy atom. The minimum atomic E-state index is -4.90. The molecule has 2 unspecified atom stereocenters. The fraction of sp³-hybridized carbons (Fsp3) is 0.310. The summed E-state index contributed by atoms with van der Waals surface area (Å²) in [7, 11) is -4.58. The van der Waals surface area contributed by atoms with Gasteiger partial charge >= 0.3 is 6.18 Å². The van der Waals surface area contributed by atoms with Crippen molar-refractivity contribution in [1.29, 1.82) is 0 Å². The van der Waals surface area contributed by atoms with Gasteiger partial charge in [-0.3, -0.25) is 13.9 Å². The summed E-state index contributed by atoms with van der Waals surface area (Å²) in [5, 5.41) is 2.60. The molecular weight excluding hydrogens is 650 g/mol. The van der Waals surface area contributed by atoms with Crippen molar-refractivity contribution in [2.45, 2.75) is 56.9 Å². The molecule has 0 heterocycles. The molecule has 0 fully saturated rings. The number of nitrogens with one attached hydrogen (secondary N) is 1. The zero-order valence-electron chi connectivity index (χ0n) is 23.3. The van der Waals surface area contributed by atoms with Gasteiger partial charge in [-0.15, -0.1) is 0 Å². The first-order valence-corrected chi connectivity index (χ1v) is 15.6. The zero-order valence-corrected chi connectivity index (χ0v) is 26.4. The van der Waals surface area contributed by atoms with Gasteiger partial charge in [-0.1, -0.05) is 66.0 Å². The molecule has 232 valence electrons. The Hall–Kier alpha value is -2.99. The Balaban J connectivity index is 2.12. The highest BCUT2D eigenvalue weighted by Crippen LogP contribution is 2.38. The van der Waals surface area contributed by atoms with Gasteiger partial charge in [0.1, 0.15) is 12.6 Å². The van der Waals surface area contributed by atoms with Gasteiger partial charge in [-0.2, -0.15) is 13.2 Å². The molecule has 2 atom stereocenters. The topological polar surface area (TPSA) is 86.8 Å². The van der Waals surface area contributed by atoms with Crippen LogP contribution < -0.4 is 9.62 Å². The average Bonchev–Trinajstić information content (AvgIpc) is 2.96. The van der Waals surface area contributed by atoms with Crippen LogP contribution in [-0.2, 0) is 32.3 Å². The van der Waals surface area contributed by atoms with Crippen LogP contribution in [0.2, 0.25) is 15.1 Å². The predicted molar refractivity (Wildman–Crippen MR) is 162 cm³/mol. The number of hydrogen-bond donors (Lipinski definition) is 1. The van der Waals surface area contributed by atoms with E-state index in [1.165, 1.54) is 43.3 Å². The van der Waals surface area contributed by atoms with Crippen LogP contribution in [0.1, 0.15) is 38.3 Å². The molecule has 14 heteroatoms. The molecule has 3 aromatic carbocycles. The van der Waals surface area contributed by atoms with Gasteiger partial charge in [-0.25, -0.2) is 8.42 Å². The quantitative estimate of drug-likeness (QED) is 0.233. The molecule has 0 saturated heterocycles. The Morgan fingerprint density at radius 3 is 2.12 bits per heavy atom. The Bertz CT molecular complexity index is 1570. The number of carbonyl (C=O) groups is 2. The monoisotopic (exact) mass is 677 g/mol. The van der Waals surface area contributed by atoms with Crippen molar-refractivity contribution in [3.63, 3.8) is 0 Å². The van der Waals surface area contributed by atoms with E-state index in [1.54, 1.807) is 19.1 Å². The third-order valence-corrected chi connectivity index (χ3v) is 9.52. The number of alkyl halides is 3. The summed E-state index contributed by atoms with van der Waals surface area (Å²) < 4.78 is 69.4. The normalized spacial score (nSPS) is 13.2. The van der Waals surface area contributed by atoms with Crippen molar-refractivity contribution in [3.05, 3.63) is 92.9 Å². The average molecular weight is 679 g/mol. The molecule has 0 bridgehead atoms. The van der Waals surface area contributed by atoms with Gasteiger partial charge in [0.05, 0.1) is 31.2 Å². The van der Waals surface area contributed by atoms with Crippen LogP contribution in [0.25, 0.3) is 0 Å². The lowest BCUT2D eigenvalue weighted by Crippen LogP contribution is -2.52. The number of carbonyl (C=O) groups excluding carboxylic acids is 2. The third-order valence-electron chi connectivity index (χ3n) is 6.66. The van der Waals surface area contributed by atoms with Gasteiger partial charge in [-0.05, 0) is 68.3 Å². The first kappa shape index (κ1) is 34.5. The van der Waals surface area contributed by atoms with E-state index in [2.05, 4.69) is 5.32 Å². The fourth-order valence-corrected chi connectivity index (χ4v) is 5.99. The van der Waals surface area contributed by atoms with Gasteiger partial charge in [0.15, 0.2) is 0 Å². The van der Waals surface area contributed by atoms with Crippen LogP contribution in [0.5, 0.6) is 0 Å². The van der Waals surface area contributed by atoms with Crippen molar-refractivity contribution in [2.75, 3.05) is 10.8 Å². The summed E-state index contributed by atoms with van der Waals surface area (Å²) in [5.74, 6) is -1.37. The van der Waals surface area contributed by atoms with E-state index < -0.39 is 56.9 Å². The largest absolute Gasteiger partial charge is 0.417 e. The molecule has 43 heavy (non-hydrogen) atoms. The highest BCUT2D eigenvalue weighted by Gasteiger charge is 2.37. The van der Waals surface area contributed by atoms with Crippen LogP contribution in [0.15, 0.2) is 71.6 Å². The summed E-state index contributed by atoms with van der Waals surface area (Å²) in [5.41, 5.74) is -1.24. The first-order valence-electron chi connectivity index (χ1n) is 13.0. The summed E-state index contributed by atoms with van der Waals surface area (Å²) in [6.07, 6.45) is -4.29. The lowest BCUT2D eigenvalue weighted by Gasteiger charge is -2.32. The summed E-state index contributed by atoms with van der Waals surface area (Å²) >= 11 is 18.0. The summed E-state index contributed by atoms with van der Waals surface area (Å²) in [4.78, 5) is 27.9. The maximum absolute atomic E-state index is 13.9. The second kappa shape index (κ2) is 14.2. The second-order valence-electron chi connectivity index (χ2n) is 9.75. The van der Waals surface area contributed by atoms with Crippen LogP contribution in [0.4, 0.5) is 18.9 Å². The number of rotatable bonds is 11. The number of halogens is 6. The van der Waals surface area contributed by atoms with Crippen LogP contribution in [-0.4, -0.2) is 43.8 Å². The van der Waals surface area contributed by atoms with E-state index >= 15 is 0 Å². The predicted octanol–water partition coefficient (Wildman–Crippen LogP) is 7.19. The van der Waals surface area contributed by atoms with Crippen molar-refractivity contribution in [3.8, 4) is 0 Å². The molecule has 3 aromatic rings. The van der Waals surface area contributed by atoms with E-state index in [4.69, 9.17) is 34.8 Å². The van der Waals surface area contributed by atoms with Gasteiger partial charge < -0.3 is 10.2 Å². The molecular formula is C29H29Cl3F3N3O4S. The van der Waals surface area contributed by atoms with E-state index in [1.807, 2.05) is 6.92 Å². The molecule has 3 rings (SSSR count). The second-order valence-corrected chi connectivity index (χ2v) is 12.8. The van der Waals surface area contributed by atoms with Crippen molar-refractivity contribution >= 4 is 62.3 Å². The third kappa shape index (κ3) is 8.56. The van der Waals surface area contributed by atoms with E-state index in [9.17, 15) is 31.2 Å². The highest BCUT2D eigenvalue weighted by molar-refractivity contribution is 7.92. The lowest BCUT2D eigenvalue weighted by molar-refractivity contribution is -0.139. The lowest BCUT2D eigenvalue weighted by atomic mass is 10.1.